The van der Waals surface area contributed by atoms with E-state index < -0.39 is 0 Å². The second-order valence-electron chi connectivity index (χ2n) is 6.14. The van der Waals surface area contributed by atoms with Gasteiger partial charge in [0.1, 0.15) is 0 Å². The SMILES string of the molecule is COC1CN(C(=O)c2ccccc2NC(C)C)CCC1C. The van der Waals surface area contributed by atoms with E-state index in [9.17, 15) is 4.79 Å². The number of anilines is 1. The molecule has 0 aliphatic carbocycles. The lowest BCUT2D eigenvalue weighted by molar-refractivity contribution is -0.00153. The van der Waals surface area contributed by atoms with Crippen LogP contribution in [0.15, 0.2) is 24.3 Å². The summed E-state index contributed by atoms with van der Waals surface area (Å²) in [5.41, 5.74) is 1.65. The zero-order chi connectivity index (χ0) is 15.4. The summed E-state index contributed by atoms with van der Waals surface area (Å²) in [6.07, 6.45) is 1.12. The number of amides is 1. The molecule has 1 aromatic carbocycles. The van der Waals surface area contributed by atoms with Crippen LogP contribution in [0.1, 0.15) is 37.6 Å². The number of likely N-dealkylation sites (tertiary alicyclic amines) is 1. The molecule has 116 valence electrons. The molecule has 0 radical (unpaired) electrons. The molecule has 1 heterocycles. The summed E-state index contributed by atoms with van der Waals surface area (Å²) >= 11 is 0. The Labute approximate surface area is 127 Å². The molecule has 4 heteroatoms. The summed E-state index contributed by atoms with van der Waals surface area (Å²) in [6.45, 7) is 7.81. The third-order valence-electron chi connectivity index (χ3n) is 4.08. The maximum absolute atomic E-state index is 12.8. The molecule has 2 atom stereocenters. The van der Waals surface area contributed by atoms with E-state index in [1.165, 1.54) is 0 Å². The molecule has 1 aliphatic heterocycles. The highest BCUT2D eigenvalue weighted by Crippen LogP contribution is 2.24. The van der Waals surface area contributed by atoms with Crippen LogP contribution in [0.3, 0.4) is 0 Å². The molecule has 1 amide bonds. The molecule has 2 unspecified atom stereocenters. The van der Waals surface area contributed by atoms with Gasteiger partial charge in [0.2, 0.25) is 0 Å². The highest BCUT2D eigenvalue weighted by atomic mass is 16.5. The predicted octanol–water partition coefficient (Wildman–Crippen LogP) is 3.00. The Hall–Kier alpha value is -1.55. The first-order chi connectivity index (χ1) is 10.0. The first-order valence-electron chi connectivity index (χ1n) is 7.70. The summed E-state index contributed by atoms with van der Waals surface area (Å²) in [4.78, 5) is 14.7. The van der Waals surface area contributed by atoms with Crippen LogP contribution in [0.2, 0.25) is 0 Å². The first kappa shape index (κ1) is 15.8. The minimum absolute atomic E-state index is 0.0905. The number of nitrogens with zero attached hydrogens (tertiary/aromatic N) is 1. The molecule has 2 rings (SSSR count). The molecular weight excluding hydrogens is 264 g/mol. The summed E-state index contributed by atoms with van der Waals surface area (Å²) in [7, 11) is 1.73. The van der Waals surface area contributed by atoms with Gasteiger partial charge in [-0.25, -0.2) is 0 Å². The molecule has 1 aromatic rings. The number of ether oxygens (including phenoxy) is 1. The van der Waals surface area contributed by atoms with Crippen LogP contribution < -0.4 is 5.32 Å². The molecule has 21 heavy (non-hydrogen) atoms. The van der Waals surface area contributed by atoms with Crippen molar-refractivity contribution in [3.63, 3.8) is 0 Å². The van der Waals surface area contributed by atoms with Crippen molar-refractivity contribution in [1.82, 2.24) is 4.90 Å². The van der Waals surface area contributed by atoms with Crippen LogP contribution in [-0.2, 0) is 4.74 Å². The summed E-state index contributed by atoms with van der Waals surface area (Å²) in [6, 6.07) is 8.03. The standard InChI is InChI=1S/C17H26N2O2/c1-12(2)18-15-8-6-5-7-14(15)17(20)19-10-9-13(3)16(11-19)21-4/h5-8,12-13,16,18H,9-11H2,1-4H3. The minimum atomic E-state index is 0.0905. The number of carbonyl (C=O) groups is 1. The van der Waals surface area contributed by atoms with Gasteiger partial charge in [0.25, 0.3) is 5.91 Å². The van der Waals surface area contributed by atoms with Crippen molar-refractivity contribution in [2.45, 2.75) is 39.3 Å². The van der Waals surface area contributed by atoms with Crippen LogP contribution in [0.5, 0.6) is 0 Å². The minimum Gasteiger partial charge on any atom is -0.382 e. The zero-order valence-corrected chi connectivity index (χ0v) is 13.4. The number of carbonyl (C=O) groups excluding carboxylic acids is 1. The van der Waals surface area contributed by atoms with Crippen LogP contribution in [0.4, 0.5) is 5.69 Å². The fourth-order valence-electron chi connectivity index (χ4n) is 2.80. The molecule has 1 N–H and O–H groups in total. The zero-order valence-electron chi connectivity index (χ0n) is 13.4. The number of piperidine rings is 1. The normalized spacial score (nSPS) is 22.4. The molecule has 0 saturated carbocycles. The van der Waals surface area contributed by atoms with Crippen molar-refractivity contribution < 1.29 is 9.53 Å². The van der Waals surface area contributed by atoms with Crippen molar-refractivity contribution >= 4 is 11.6 Å². The Morgan fingerprint density at radius 3 is 2.76 bits per heavy atom. The van der Waals surface area contributed by atoms with Crippen molar-refractivity contribution in [2.75, 3.05) is 25.5 Å². The predicted molar refractivity (Wildman–Crippen MR) is 85.7 cm³/mol. The third-order valence-corrected chi connectivity index (χ3v) is 4.08. The number of hydrogen-bond donors (Lipinski definition) is 1. The fraction of sp³-hybridized carbons (Fsp3) is 0.588. The number of benzene rings is 1. The van der Waals surface area contributed by atoms with E-state index >= 15 is 0 Å². The van der Waals surface area contributed by atoms with Gasteiger partial charge in [0.05, 0.1) is 11.7 Å². The lowest BCUT2D eigenvalue weighted by Crippen LogP contribution is -2.46. The van der Waals surface area contributed by atoms with Gasteiger partial charge in [-0.2, -0.15) is 0 Å². The summed E-state index contributed by atoms with van der Waals surface area (Å²) in [5.74, 6) is 0.593. The van der Waals surface area contributed by atoms with Crippen molar-refractivity contribution in [3.8, 4) is 0 Å². The Bertz CT molecular complexity index is 487. The van der Waals surface area contributed by atoms with Gasteiger partial charge in [0.15, 0.2) is 0 Å². The Morgan fingerprint density at radius 2 is 2.10 bits per heavy atom. The first-order valence-corrected chi connectivity index (χ1v) is 7.70. The average Bonchev–Trinajstić information content (AvgIpc) is 2.47. The largest absolute Gasteiger partial charge is 0.382 e. The maximum atomic E-state index is 12.8. The van der Waals surface area contributed by atoms with Gasteiger partial charge in [-0.05, 0) is 38.3 Å². The number of methoxy groups -OCH3 is 1. The number of nitrogens with one attached hydrogen (secondary N) is 1. The summed E-state index contributed by atoms with van der Waals surface area (Å²) in [5, 5.41) is 3.35. The lowest BCUT2D eigenvalue weighted by Gasteiger charge is -2.36. The van der Waals surface area contributed by atoms with E-state index in [4.69, 9.17) is 4.74 Å². The monoisotopic (exact) mass is 290 g/mol. The highest BCUT2D eigenvalue weighted by molar-refractivity contribution is 5.99. The quantitative estimate of drug-likeness (QED) is 0.927. The second kappa shape index (κ2) is 6.94. The van der Waals surface area contributed by atoms with E-state index in [1.807, 2.05) is 29.2 Å². The average molecular weight is 290 g/mol. The summed E-state index contributed by atoms with van der Waals surface area (Å²) < 4.78 is 5.50. The maximum Gasteiger partial charge on any atom is 0.256 e. The molecule has 4 nitrogen and oxygen atoms in total. The van der Waals surface area contributed by atoms with Crippen LogP contribution in [0.25, 0.3) is 0 Å². The third kappa shape index (κ3) is 3.76. The molecule has 0 aromatic heterocycles. The molecule has 0 spiro atoms. The van der Waals surface area contributed by atoms with Gasteiger partial charge < -0.3 is 15.0 Å². The molecule has 1 saturated heterocycles. The van der Waals surface area contributed by atoms with E-state index in [1.54, 1.807) is 7.11 Å². The number of hydrogen-bond acceptors (Lipinski definition) is 3. The molecule has 0 bridgehead atoms. The van der Waals surface area contributed by atoms with Crippen molar-refractivity contribution in [1.29, 1.82) is 0 Å². The molecular formula is C17H26N2O2. The topological polar surface area (TPSA) is 41.6 Å². The molecule has 1 fully saturated rings. The van der Waals surface area contributed by atoms with E-state index in [0.717, 1.165) is 24.2 Å². The Morgan fingerprint density at radius 1 is 1.38 bits per heavy atom. The Balaban J connectivity index is 2.16. The van der Waals surface area contributed by atoms with Crippen LogP contribution in [0, 0.1) is 5.92 Å². The van der Waals surface area contributed by atoms with Crippen LogP contribution >= 0.6 is 0 Å². The Kier molecular flexibility index (Phi) is 5.23. The van der Waals surface area contributed by atoms with Crippen molar-refractivity contribution in [3.05, 3.63) is 29.8 Å². The smallest absolute Gasteiger partial charge is 0.256 e. The van der Waals surface area contributed by atoms with Gasteiger partial charge in [0, 0.05) is 31.9 Å². The second-order valence-corrected chi connectivity index (χ2v) is 6.14. The lowest BCUT2D eigenvalue weighted by atomic mass is 9.95. The number of para-hydroxylation sites is 1. The number of rotatable bonds is 4. The van der Waals surface area contributed by atoms with E-state index in [-0.39, 0.29) is 12.0 Å². The highest BCUT2D eigenvalue weighted by Gasteiger charge is 2.30. The van der Waals surface area contributed by atoms with Crippen LogP contribution in [-0.4, -0.2) is 43.2 Å². The van der Waals surface area contributed by atoms with Crippen molar-refractivity contribution in [2.24, 2.45) is 5.92 Å². The van der Waals surface area contributed by atoms with Gasteiger partial charge in [-0.3, -0.25) is 4.79 Å². The van der Waals surface area contributed by atoms with E-state index in [0.29, 0.717) is 18.5 Å². The van der Waals surface area contributed by atoms with E-state index in [2.05, 4.69) is 26.1 Å². The van der Waals surface area contributed by atoms with Gasteiger partial charge in [-0.15, -0.1) is 0 Å². The van der Waals surface area contributed by atoms with Gasteiger partial charge >= 0.3 is 0 Å². The fourth-order valence-corrected chi connectivity index (χ4v) is 2.80. The van der Waals surface area contributed by atoms with Gasteiger partial charge in [-0.1, -0.05) is 19.1 Å². The molecule has 1 aliphatic rings.